The fourth-order valence-electron chi connectivity index (χ4n) is 2.95. The Bertz CT molecular complexity index is 975. The van der Waals surface area contributed by atoms with Gasteiger partial charge in [-0.05, 0) is 37.1 Å². The van der Waals surface area contributed by atoms with Crippen LogP contribution in [0.2, 0.25) is 0 Å². The van der Waals surface area contributed by atoms with Crippen molar-refractivity contribution < 1.29 is 4.74 Å². The van der Waals surface area contributed by atoms with Crippen LogP contribution in [0.1, 0.15) is 27.5 Å². The van der Waals surface area contributed by atoms with Crippen molar-refractivity contribution in [3.8, 4) is 11.3 Å². The Morgan fingerprint density at radius 1 is 1.17 bits per heavy atom. The summed E-state index contributed by atoms with van der Waals surface area (Å²) < 4.78 is 7.12. The van der Waals surface area contributed by atoms with Crippen LogP contribution >= 0.6 is 11.3 Å². The Balaban J connectivity index is 1.63. The number of hydrogen-bond donors (Lipinski definition) is 0. The molecule has 0 radical (unpaired) electrons. The van der Waals surface area contributed by atoms with Gasteiger partial charge in [0.1, 0.15) is 5.01 Å². The van der Waals surface area contributed by atoms with Crippen molar-refractivity contribution >= 4 is 11.3 Å². The van der Waals surface area contributed by atoms with Gasteiger partial charge in [0.25, 0.3) is 0 Å². The number of hydrogen-bond acceptors (Lipinski definition) is 5. The summed E-state index contributed by atoms with van der Waals surface area (Å²) in [7, 11) is 0. The van der Waals surface area contributed by atoms with Crippen LogP contribution < -0.4 is 5.69 Å². The molecule has 6 heteroatoms. The lowest BCUT2D eigenvalue weighted by Crippen LogP contribution is -2.26. The highest BCUT2D eigenvalue weighted by molar-refractivity contribution is 7.09. The maximum Gasteiger partial charge on any atom is 0.348 e. The molecular formula is C18H17N3O2S. The number of aromatic nitrogens is 3. The minimum Gasteiger partial charge on any atom is -0.372 e. The van der Waals surface area contributed by atoms with Gasteiger partial charge in [0.05, 0.1) is 25.5 Å². The summed E-state index contributed by atoms with van der Waals surface area (Å²) in [6.07, 6.45) is 0. The minimum absolute atomic E-state index is 0.223. The zero-order valence-electron chi connectivity index (χ0n) is 13.6. The summed E-state index contributed by atoms with van der Waals surface area (Å²) in [5.74, 6) is 0. The molecule has 0 amide bonds. The monoisotopic (exact) mass is 339 g/mol. The van der Waals surface area contributed by atoms with E-state index in [0.717, 1.165) is 27.7 Å². The molecule has 0 aliphatic carbocycles. The highest BCUT2D eigenvalue weighted by Gasteiger charge is 2.14. The SMILES string of the molecule is Cc1cc(C)n(Cc2nc(-c3ccc4c(c3)COC4)cs2)c(=O)n1. The van der Waals surface area contributed by atoms with E-state index in [1.54, 1.807) is 15.9 Å². The van der Waals surface area contributed by atoms with Crippen molar-refractivity contribution in [1.82, 2.24) is 14.5 Å². The summed E-state index contributed by atoms with van der Waals surface area (Å²) in [5.41, 5.74) is 5.94. The molecule has 0 saturated carbocycles. The van der Waals surface area contributed by atoms with Crippen LogP contribution in [0.15, 0.2) is 34.4 Å². The first-order valence-corrected chi connectivity index (χ1v) is 8.67. The Hall–Kier alpha value is -2.31. The van der Waals surface area contributed by atoms with Crippen LogP contribution in [-0.2, 0) is 24.5 Å². The smallest absolute Gasteiger partial charge is 0.348 e. The van der Waals surface area contributed by atoms with Gasteiger partial charge >= 0.3 is 5.69 Å². The summed E-state index contributed by atoms with van der Waals surface area (Å²) in [5, 5.41) is 2.94. The zero-order chi connectivity index (χ0) is 16.7. The molecule has 3 aromatic rings. The average molecular weight is 339 g/mol. The van der Waals surface area contributed by atoms with Gasteiger partial charge < -0.3 is 4.74 Å². The summed E-state index contributed by atoms with van der Waals surface area (Å²) in [6, 6.07) is 8.24. The molecule has 2 aromatic heterocycles. The fourth-order valence-corrected chi connectivity index (χ4v) is 3.74. The van der Waals surface area contributed by atoms with Crippen molar-refractivity contribution in [1.29, 1.82) is 0 Å². The van der Waals surface area contributed by atoms with Gasteiger partial charge in [-0.3, -0.25) is 4.57 Å². The molecule has 1 aliphatic rings. The third-order valence-corrected chi connectivity index (χ3v) is 5.04. The molecular weight excluding hydrogens is 322 g/mol. The van der Waals surface area contributed by atoms with Crippen LogP contribution in [0.25, 0.3) is 11.3 Å². The molecule has 0 N–H and O–H groups in total. The van der Waals surface area contributed by atoms with Crippen molar-refractivity contribution in [3.05, 3.63) is 67.7 Å². The molecule has 5 nitrogen and oxygen atoms in total. The summed E-state index contributed by atoms with van der Waals surface area (Å²) in [6.45, 7) is 5.57. The average Bonchev–Trinajstić information content (AvgIpc) is 3.19. The molecule has 4 rings (SSSR count). The molecule has 0 atom stereocenters. The first-order chi connectivity index (χ1) is 11.6. The van der Waals surface area contributed by atoms with E-state index in [4.69, 9.17) is 9.72 Å². The van der Waals surface area contributed by atoms with Crippen molar-refractivity contribution in [2.24, 2.45) is 0 Å². The lowest BCUT2D eigenvalue weighted by molar-refractivity contribution is 0.134. The van der Waals surface area contributed by atoms with Gasteiger partial charge in [-0.2, -0.15) is 4.98 Å². The fraction of sp³-hybridized carbons (Fsp3) is 0.278. The number of ether oxygens (including phenoxy) is 1. The highest BCUT2D eigenvalue weighted by atomic mass is 32.1. The largest absolute Gasteiger partial charge is 0.372 e. The van der Waals surface area contributed by atoms with Gasteiger partial charge in [0.2, 0.25) is 0 Å². The first-order valence-electron chi connectivity index (χ1n) is 7.79. The Morgan fingerprint density at radius 2 is 2.00 bits per heavy atom. The minimum atomic E-state index is -0.223. The van der Waals surface area contributed by atoms with Crippen LogP contribution in [-0.4, -0.2) is 14.5 Å². The summed E-state index contributed by atoms with van der Waals surface area (Å²) >= 11 is 1.56. The Labute approximate surface area is 143 Å². The van der Waals surface area contributed by atoms with E-state index in [1.165, 1.54) is 11.1 Å². The van der Waals surface area contributed by atoms with Crippen molar-refractivity contribution in [2.75, 3.05) is 0 Å². The standard InChI is InChI=1S/C18H17N3O2S/c1-11-5-12(2)21(18(22)19-11)7-17-20-16(10-24-17)13-3-4-14-8-23-9-15(14)6-13/h3-6,10H,7-9H2,1-2H3. The highest BCUT2D eigenvalue weighted by Crippen LogP contribution is 2.28. The van der Waals surface area contributed by atoms with E-state index < -0.39 is 0 Å². The molecule has 0 fully saturated rings. The number of aryl methyl sites for hydroxylation is 2. The van der Waals surface area contributed by atoms with Crippen LogP contribution in [0.3, 0.4) is 0 Å². The van der Waals surface area contributed by atoms with E-state index in [0.29, 0.717) is 19.8 Å². The second kappa shape index (κ2) is 5.96. The quantitative estimate of drug-likeness (QED) is 0.736. The van der Waals surface area contributed by atoms with Crippen molar-refractivity contribution in [3.63, 3.8) is 0 Å². The second-order valence-corrected chi connectivity index (χ2v) is 6.95. The molecule has 122 valence electrons. The third-order valence-electron chi connectivity index (χ3n) is 4.21. The van der Waals surface area contributed by atoms with E-state index in [2.05, 4.69) is 23.2 Å². The molecule has 0 unspecified atom stereocenters. The van der Waals surface area contributed by atoms with Gasteiger partial charge in [-0.1, -0.05) is 12.1 Å². The molecule has 1 aromatic carbocycles. The van der Waals surface area contributed by atoms with Crippen LogP contribution in [0.5, 0.6) is 0 Å². The van der Waals surface area contributed by atoms with Gasteiger partial charge in [0, 0.05) is 22.3 Å². The topological polar surface area (TPSA) is 57.0 Å². The van der Waals surface area contributed by atoms with Gasteiger partial charge in [0.15, 0.2) is 0 Å². The number of nitrogens with zero attached hydrogens (tertiary/aromatic N) is 3. The van der Waals surface area contributed by atoms with Crippen LogP contribution in [0.4, 0.5) is 0 Å². The van der Waals surface area contributed by atoms with E-state index in [9.17, 15) is 4.79 Å². The first kappa shape index (κ1) is 15.2. The maximum absolute atomic E-state index is 12.1. The molecule has 0 saturated heterocycles. The summed E-state index contributed by atoms with van der Waals surface area (Å²) in [4.78, 5) is 20.8. The third kappa shape index (κ3) is 2.79. The molecule has 0 bridgehead atoms. The number of benzene rings is 1. The molecule has 1 aliphatic heterocycles. The molecule has 3 heterocycles. The number of rotatable bonds is 3. The van der Waals surface area contributed by atoms with E-state index in [-0.39, 0.29) is 5.69 Å². The molecule has 24 heavy (non-hydrogen) atoms. The predicted molar refractivity (Wildman–Crippen MR) is 93.1 cm³/mol. The van der Waals surface area contributed by atoms with Crippen LogP contribution in [0, 0.1) is 13.8 Å². The van der Waals surface area contributed by atoms with Gasteiger partial charge in [-0.15, -0.1) is 11.3 Å². The number of fused-ring (bicyclic) bond motifs is 1. The van der Waals surface area contributed by atoms with E-state index in [1.807, 2.05) is 25.3 Å². The zero-order valence-corrected chi connectivity index (χ0v) is 14.4. The number of thiazole rings is 1. The maximum atomic E-state index is 12.1. The Kier molecular flexibility index (Phi) is 3.78. The van der Waals surface area contributed by atoms with E-state index >= 15 is 0 Å². The Morgan fingerprint density at radius 3 is 2.83 bits per heavy atom. The molecule has 0 spiro atoms. The predicted octanol–water partition coefficient (Wildman–Crippen LogP) is 3.06. The van der Waals surface area contributed by atoms with Crippen molar-refractivity contribution in [2.45, 2.75) is 33.6 Å². The van der Waals surface area contributed by atoms with Gasteiger partial charge in [-0.25, -0.2) is 9.78 Å². The second-order valence-electron chi connectivity index (χ2n) is 6.01. The lowest BCUT2D eigenvalue weighted by Gasteiger charge is -2.07. The lowest BCUT2D eigenvalue weighted by atomic mass is 10.1. The normalized spacial score (nSPS) is 13.2.